The van der Waals surface area contributed by atoms with Crippen LogP contribution in [0.25, 0.3) is 0 Å². The molecule has 0 aromatic rings. The van der Waals surface area contributed by atoms with Crippen molar-refractivity contribution in [3.63, 3.8) is 0 Å². The molecule has 1 unspecified atom stereocenters. The normalized spacial score (nSPS) is 20.9. The van der Waals surface area contributed by atoms with Crippen LogP contribution in [0.5, 0.6) is 0 Å². The number of ether oxygens (including phenoxy) is 1. The van der Waals surface area contributed by atoms with E-state index in [1.165, 1.54) is 0 Å². The fourth-order valence-electron chi connectivity index (χ4n) is 2.03. The Labute approximate surface area is 103 Å². The number of nitrogens with two attached hydrogens (primary N) is 1. The monoisotopic (exact) mass is 244 g/mol. The molecule has 4 N–H and O–H groups in total. The summed E-state index contributed by atoms with van der Waals surface area (Å²) in [6.07, 6.45) is 2.89. The molecule has 5 heteroatoms. The number of hydrogen-bond donors (Lipinski definition) is 3. The predicted molar refractivity (Wildman–Crippen MR) is 65.5 cm³/mol. The summed E-state index contributed by atoms with van der Waals surface area (Å²) in [5.74, 6) is -0.183. The van der Waals surface area contributed by atoms with Crippen molar-refractivity contribution >= 4 is 5.91 Å². The smallest absolute Gasteiger partial charge is 0.224 e. The molecule has 0 saturated carbocycles. The van der Waals surface area contributed by atoms with Crippen LogP contribution < -0.4 is 11.1 Å². The van der Waals surface area contributed by atoms with Crippen molar-refractivity contribution in [1.29, 1.82) is 0 Å². The number of carbonyl (C=O) groups is 1. The zero-order valence-corrected chi connectivity index (χ0v) is 10.6. The van der Waals surface area contributed by atoms with Gasteiger partial charge in [-0.05, 0) is 6.42 Å². The first-order valence-electron chi connectivity index (χ1n) is 6.39. The van der Waals surface area contributed by atoms with Crippen LogP contribution in [-0.4, -0.2) is 42.9 Å². The van der Waals surface area contributed by atoms with Gasteiger partial charge in [-0.3, -0.25) is 4.79 Å². The van der Waals surface area contributed by atoms with E-state index in [-0.39, 0.29) is 11.8 Å². The number of hydrogen-bond acceptors (Lipinski definition) is 4. The Morgan fingerprint density at radius 1 is 1.53 bits per heavy atom. The van der Waals surface area contributed by atoms with Gasteiger partial charge in [0.1, 0.15) is 0 Å². The highest BCUT2D eigenvalue weighted by Crippen LogP contribution is 2.19. The van der Waals surface area contributed by atoms with Crippen LogP contribution in [0.3, 0.4) is 0 Å². The lowest BCUT2D eigenvalue weighted by Gasteiger charge is -2.32. The van der Waals surface area contributed by atoms with Crippen molar-refractivity contribution in [2.24, 2.45) is 11.7 Å². The van der Waals surface area contributed by atoms with E-state index in [2.05, 4.69) is 5.32 Å². The highest BCUT2D eigenvalue weighted by atomic mass is 16.5. The molecule has 1 heterocycles. The van der Waals surface area contributed by atoms with Gasteiger partial charge in [0.2, 0.25) is 5.91 Å². The van der Waals surface area contributed by atoms with Gasteiger partial charge in [-0.2, -0.15) is 0 Å². The Morgan fingerprint density at radius 2 is 2.18 bits per heavy atom. The highest BCUT2D eigenvalue weighted by Gasteiger charge is 2.30. The van der Waals surface area contributed by atoms with Crippen LogP contribution in [-0.2, 0) is 9.53 Å². The number of amides is 1. The number of aliphatic hydroxyl groups is 1. The molecule has 1 atom stereocenters. The fraction of sp³-hybridized carbons (Fsp3) is 0.917. The summed E-state index contributed by atoms with van der Waals surface area (Å²) in [5, 5.41) is 13.0. The first-order valence-corrected chi connectivity index (χ1v) is 6.39. The SMILES string of the molecule is CCCC(CN)C(=O)NCC1(O)CCOCC1. The lowest BCUT2D eigenvalue weighted by Crippen LogP contribution is -2.48. The first kappa shape index (κ1) is 14.4. The Morgan fingerprint density at radius 3 is 2.71 bits per heavy atom. The Kier molecular flexibility index (Phi) is 5.88. The average Bonchev–Trinajstić information content (AvgIpc) is 2.34. The molecule has 1 aliphatic heterocycles. The van der Waals surface area contributed by atoms with Gasteiger partial charge in [-0.25, -0.2) is 0 Å². The van der Waals surface area contributed by atoms with Crippen molar-refractivity contribution in [2.45, 2.75) is 38.2 Å². The fourth-order valence-corrected chi connectivity index (χ4v) is 2.03. The van der Waals surface area contributed by atoms with E-state index >= 15 is 0 Å². The molecule has 1 amide bonds. The second-order valence-electron chi connectivity index (χ2n) is 4.78. The van der Waals surface area contributed by atoms with E-state index in [0.717, 1.165) is 12.8 Å². The van der Waals surface area contributed by atoms with Crippen LogP contribution in [0.15, 0.2) is 0 Å². The number of rotatable bonds is 6. The van der Waals surface area contributed by atoms with Crippen molar-refractivity contribution in [3.8, 4) is 0 Å². The van der Waals surface area contributed by atoms with E-state index in [1.807, 2.05) is 6.92 Å². The third kappa shape index (κ3) is 4.61. The van der Waals surface area contributed by atoms with Gasteiger partial charge in [0.25, 0.3) is 0 Å². The molecule has 1 aliphatic rings. The van der Waals surface area contributed by atoms with E-state index in [0.29, 0.717) is 39.1 Å². The van der Waals surface area contributed by atoms with Gasteiger partial charge < -0.3 is 20.9 Å². The second-order valence-corrected chi connectivity index (χ2v) is 4.78. The molecule has 0 spiro atoms. The van der Waals surface area contributed by atoms with Crippen LogP contribution >= 0.6 is 0 Å². The summed E-state index contributed by atoms with van der Waals surface area (Å²) in [5.41, 5.74) is 4.75. The van der Waals surface area contributed by atoms with Gasteiger partial charge in [0.15, 0.2) is 0 Å². The predicted octanol–water partition coefficient (Wildman–Crippen LogP) is 0.0191. The molecule has 5 nitrogen and oxygen atoms in total. The van der Waals surface area contributed by atoms with E-state index in [9.17, 15) is 9.90 Å². The summed E-state index contributed by atoms with van der Waals surface area (Å²) in [4.78, 5) is 11.8. The van der Waals surface area contributed by atoms with E-state index in [1.54, 1.807) is 0 Å². The van der Waals surface area contributed by atoms with E-state index < -0.39 is 5.60 Å². The molecule has 0 aromatic carbocycles. The molecular formula is C12H24N2O3. The molecule has 17 heavy (non-hydrogen) atoms. The molecule has 0 aliphatic carbocycles. The molecular weight excluding hydrogens is 220 g/mol. The molecule has 0 aromatic heterocycles. The summed E-state index contributed by atoms with van der Waals surface area (Å²) in [7, 11) is 0. The molecule has 1 fully saturated rings. The zero-order chi connectivity index (χ0) is 12.7. The lowest BCUT2D eigenvalue weighted by atomic mass is 9.94. The summed E-state index contributed by atoms with van der Waals surface area (Å²) >= 11 is 0. The van der Waals surface area contributed by atoms with Gasteiger partial charge in [0.05, 0.1) is 11.5 Å². The minimum absolute atomic E-state index is 0.0470. The molecule has 1 saturated heterocycles. The average molecular weight is 244 g/mol. The van der Waals surface area contributed by atoms with Crippen molar-refractivity contribution in [1.82, 2.24) is 5.32 Å². The quantitative estimate of drug-likeness (QED) is 0.615. The summed E-state index contributed by atoms with van der Waals surface area (Å²) in [6, 6.07) is 0. The number of nitrogens with one attached hydrogen (secondary N) is 1. The standard InChI is InChI=1S/C12H24N2O3/c1-2-3-10(8-13)11(15)14-9-12(16)4-6-17-7-5-12/h10,16H,2-9,13H2,1H3,(H,14,15). The first-order chi connectivity index (χ1) is 8.11. The van der Waals surface area contributed by atoms with Gasteiger partial charge in [-0.15, -0.1) is 0 Å². The summed E-state index contributed by atoms with van der Waals surface area (Å²) < 4.78 is 5.19. The molecule has 0 radical (unpaired) electrons. The van der Waals surface area contributed by atoms with Gasteiger partial charge >= 0.3 is 0 Å². The van der Waals surface area contributed by atoms with Crippen LogP contribution in [0.2, 0.25) is 0 Å². The lowest BCUT2D eigenvalue weighted by molar-refractivity contribution is -0.127. The molecule has 0 bridgehead atoms. The maximum atomic E-state index is 11.8. The van der Waals surface area contributed by atoms with Crippen molar-refractivity contribution in [3.05, 3.63) is 0 Å². The largest absolute Gasteiger partial charge is 0.388 e. The Bertz CT molecular complexity index is 240. The minimum atomic E-state index is -0.806. The Balaban J connectivity index is 2.35. The zero-order valence-electron chi connectivity index (χ0n) is 10.6. The minimum Gasteiger partial charge on any atom is -0.388 e. The third-order valence-corrected chi connectivity index (χ3v) is 3.31. The molecule has 100 valence electrons. The highest BCUT2D eigenvalue weighted by molar-refractivity contribution is 5.78. The van der Waals surface area contributed by atoms with Crippen LogP contribution in [0.1, 0.15) is 32.6 Å². The second kappa shape index (κ2) is 6.93. The van der Waals surface area contributed by atoms with Gasteiger partial charge in [-0.1, -0.05) is 13.3 Å². The maximum Gasteiger partial charge on any atom is 0.224 e. The summed E-state index contributed by atoms with van der Waals surface area (Å²) in [6.45, 7) is 3.81. The maximum absolute atomic E-state index is 11.8. The molecule has 1 rings (SSSR count). The van der Waals surface area contributed by atoms with Crippen molar-refractivity contribution in [2.75, 3.05) is 26.3 Å². The number of carbonyl (C=O) groups excluding carboxylic acids is 1. The topological polar surface area (TPSA) is 84.6 Å². The van der Waals surface area contributed by atoms with E-state index in [4.69, 9.17) is 10.5 Å². The van der Waals surface area contributed by atoms with Crippen molar-refractivity contribution < 1.29 is 14.6 Å². The van der Waals surface area contributed by atoms with Crippen LogP contribution in [0.4, 0.5) is 0 Å². The van der Waals surface area contributed by atoms with Crippen LogP contribution in [0, 0.1) is 5.92 Å². The van der Waals surface area contributed by atoms with Gasteiger partial charge in [0, 0.05) is 39.1 Å². The third-order valence-electron chi connectivity index (χ3n) is 3.31. The Hall–Kier alpha value is -0.650.